The summed E-state index contributed by atoms with van der Waals surface area (Å²) in [4.78, 5) is 11.6. The summed E-state index contributed by atoms with van der Waals surface area (Å²) < 4.78 is 63.3. The lowest BCUT2D eigenvalue weighted by molar-refractivity contribution is -0.117. The van der Waals surface area contributed by atoms with E-state index in [0.717, 1.165) is 29.7 Å². The highest BCUT2D eigenvalue weighted by Gasteiger charge is 2.48. The van der Waals surface area contributed by atoms with E-state index in [-0.39, 0.29) is 18.1 Å². The predicted octanol–water partition coefficient (Wildman–Crippen LogP) is 4.61. The van der Waals surface area contributed by atoms with E-state index >= 15 is 0 Å². The van der Waals surface area contributed by atoms with Crippen molar-refractivity contribution < 1.29 is 30.6 Å². The number of hydrogen-bond donors (Lipinski definition) is 0. The van der Waals surface area contributed by atoms with Gasteiger partial charge in [0.1, 0.15) is 11.5 Å². The molecule has 0 radical (unpaired) electrons. The summed E-state index contributed by atoms with van der Waals surface area (Å²) in [6.07, 6.45) is 1.69. The van der Waals surface area contributed by atoms with Crippen LogP contribution < -0.4 is 4.18 Å². The Morgan fingerprint density at radius 2 is 1.63 bits per heavy atom. The molecular weight excluding hydrogens is 381 g/mol. The van der Waals surface area contributed by atoms with Gasteiger partial charge in [0, 0.05) is 6.42 Å². The van der Waals surface area contributed by atoms with E-state index in [9.17, 15) is 26.4 Å². The minimum absolute atomic E-state index is 0.00645. The third-order valence-electron chi connectivity index (χ3n) is 4.00. The van der Waals surface area contributed by atoms with Crippen molar-refractivity contribution in [1.82, 2.24) is 0 Å². The van der Waals surface area contributed by atoms with Crippen molar-refractivity contribution in [2.45, 2.75) is 37.6 Å². The van der Waals surface area contributed by atoms with Gasteiger partial charge in [-0.1, -0.05) is 42.5 Å². The summed E-state index contributed by atoms with van der Waals surface area (Å²) in [6.45, 7) is 1.48. The Bertz CT molecular complexity index is 860. The van der Waals surface area contributed by atoms with E-state index < -0.39 is 21.4 Å². The molecule has 0 saturated carbocycles. The summed E-state index contributed by atoms with van der Waals surface area (Å²) in [5.74, 6) is -0.565. The van der Waals surface area contributed by atoms with Gasteiger partial charge in [-0.25, -0.2) is 0 Å². The molecule has 27 heavy (non-hydrogen) atoms. The maximum Gasteiger partial charge on any atom is 0.534 e. The maximum absolute atomic E-state index is 12.4. The van der Waals surface area contributed by atoms with E-state index in [1.807, 2.05) is 30.3 Å². The van der Waals surface area contributed by atoms with E-state index in [1.54, 1.807) is 0 Å². The number of carbonyl (C=O) groups is 1. The monoisotopic (exact) mass is 400 g/mol. The van der Waals surface area contributed by atoms with Gasteiger partial charge in [-0.05, 0) is 48.9 Å². The SMILES string of the molecule is CC(=O)C[C@H](CCc1ccccc1)c1ccc(OS(=O)(=O)C(F)(F)F)cc1. The number of aryl methyl sites for hydroxylation is 1. The summed E-state index contributed by atoms with van der Waals surface area (Å²) in [5, 5.41) is 0. The van der Waals surface area contributed by atoms with Crippen LogP contribution in [0.2, 0.25) is 0 Å². The topological polar surface area (TPSA) is 60.4 Å². The first-order chi connectivity index (χ1) is 12.6. The number of Topliss-reactive ketones (excluding diaryl/α,β-unsaturated/α-hetero) is 1. The molecule has 8 heteroatoms. The first-order valence-electron chi connectivity index (χ1n) is 8.22. The van der Waals surface area contributed by atoms with Crippen LogP contribution in [0.15, 0.2) is 54.6 Å². The van der Waals surface area contributed by atoms with Crippen LogP contribution in [0.4, 0.5) is 13.2 Å². The van der Waals surface area contributed by atoms with Crippen molar-refractivity contribution in [3.8, 4) is 5.75 Å². The third-order valence-corrected chi connectivity index (χ3v) is 4.98. The molecule has 0 amide bonds. The molecule has 0 aliphatic heterocycles. The molecule has 0 bridgehead atoms. The highest BCUT2D eigenvalue weighted by molar-refractivity contribution is 7.88. The second-order valence-electron chi connectivity index (χ2n) is 6.18. The van der Waals surface area contributed by atoms with Gasteiger partial charge in [-0.15, -0.1) is 0 Å². The number of alkyl halides is 3. The molecule has 2 aromatic rings. The number of hydrogen-bond acceptors (Lipinski definition) is 4. The molecule has 1 atom stereocenters. The number of rotatable bonds is 8. The van der Waals surface area contributed by atoms with Crippen LogP contribution in [0.3, 0.4) is 0 Å². The van der Waals surface area contributed by atoms with Crippen molar-refractivity contribution in [2.75, 3.05) is 0 Å². The number of carbonyl (C=O) groups excluding carboxylic acids is 1. The predicted molar refractivity (Wildman–Crippen MR) is 94.8 cm³/mol. The Kier molecular flexibility index (Phi) is 6.64. The summed E-state index contributed by atoms with van der Waals surface area (Å²) in [7, 11) is -5.70. The van der Waals surface area contributed by atoms with Gasteiger partial charge in [0.15, 0.2) is 0 Å². The Morgan fingerprint density at radius 1 is 1.04 bits per heavy atom. The summed E-state index contributed by atoms with van der Waals surface area (Å²) in [6, 6.07) is 15.0. The van der Waals surface area contributed by atoms with Gasteiger partial charge >= 0.3 is 15.6 Å². The molecule has 0 aromatic heterocycles. The molecule has 0 aliphatic rings. The molecule has 0 unspecified atom stereocenters. The molecule has 0 fully saturated rings. The first kappa shape index (κ1) is 21.0. The standard InChI is InChI=1S/C19H19F3O4S/c1-14(23)13-17(8-7-15-5-3-2-4-6-15)16-9-11-18(12-10-16)26-27(24,25)19(20,21)22/h2-6,9-12,17H,7-8,13H2,1H3/t17-/m0/s1. The summed E-state index contributed by atoms with van der Waals surface area (Å²) >= 11 is 0. The third kappa shape index (κ3) is 6.09. The lowest BCUT2D eigenvalue weighted by atomic mass is 9.88. The molecule has 0 spiro atoms. The lowest BCUT2D eigenvalue weighted by Gasteiger charge is -2.17. The van der Waals surface area contributed by atoms with Crippen LogP contribution in [0.1, 0.15) is 36.8 Å². The van der Waals surface area contributed by atoms with Crippen LogP contribution in [0.5, 0.6) is 5.75 Å². The van der Waals surface area contributed by atoms with Crippen molar-refractivity contribution in [2.24, 2.45) is 0 Å². The molecule has 2 rings (SSSR count). The zero-order valence-electron chi connectivity index (χ0n) is 14.6. The Hall–Kier alpha value is -2.35. The average Bonchev–Trinajstić information content (AvgIpc) is 2.58. The van der Waals surface area contributed by atoms with Crippen LogP contribution in [-0.4, -0.2) is 19.7 Å². The number of ketones is 1. The number of halogens is 3. The van der Waals surface area contributed by atoms with Crippen LogP contribution in [-0.2, 0) is 21.3 Å². The fourth-order valence-corrected chi connectivity index (χ4v) is 3.15. The van der Waals surface area contributed by atoms with Gasteiger partial charge in [-0.3, -0.25) is 0 Å². The van der Waals surface area contributed by atoms with Crippen LogP contribution in [0, 0.1) is 0 Å². The molecule has 4 nitrogen and oxygen atoms in total. The smallest absolute Gasteiger partial charge is 0.376 e. The van der Waals surface area contributed by atoms with Gasteiger partial charge in [-0.2, -0.15) is 21.6 Å². The van der Waals surface area contributed by atoms with Gasteiger partial charge < -0.3 is 8.98 Å². The van der Waals surface area contributed by atoms with E-state index in [1.165, 1.54) is 19.1 Å². The largest absolute Gasteiger partial charge is 0.534 e. The highest BCUT2D eigenvalue weighted by atomic mass is 32.2. The zero-order valence-corrected chi connectivity index (χ0v) is 15.4. The molecule has 0 N–H and O–H groups in total. The maximum atomic E-state index is 12.4. The zero-order chi connectivity index (χ0) is 20.1. The van der Waals surface area contributed by atoms with Crippen molar-refractivity contribution >= 4 is 15.9 Å². The Morgan fingerprint density at radius 3 is 2.15 bits per heavy atom. The summed E-state index contributed by atoms with van der Waals surface area (Å²) in [5.41, 5.74) is -3.64. The van der Waals surface area contributed by atoms with Crippen molar-refractivity contribution in [1.29, 1.82) is 0 Å². The van der Waals surface area contributed by atoms with Crippen LogP contribution >= 0.6 is 0 Å². The number of benzene rings is 2. The van der Waals surface area contributed by atoms with E-state index in [0.29, 0.717) is 6.42 Å². The fourth-order valence-electron chi connectivity index (χ4n) is 2.69. The molecule has 0 heterocycles. The molecular formula is C19H19F3O4S. The Balaban J connectivity index is 2.13. The van der Waals surface area contributed by atoms with E-state index in [4.69, 9.17) is 0 Å². The normalized spacial score (nSPS) is 13.2. The fraction of sp³-hybridized carbons (Fsp3) is 0.316. The van der Waals surface area contributed by atoms with Gasteiger partial charge in [0.05, 0.1) is 0 Å². The van der Waals surface area contributed by atoms with Crippen LogP contribution in [0.25, 0.3) is 0 Å². The quantitative estimate of drug-likeness (QED) is 0.480. The minimum Gasteiger partial charge on any atom is -0.376 e. The van der Waals surface area contributed by atoms with Crippen molar-refractivity contribution in [3.05, 3.63) is 65.7 Å². The second kappa shape index (κ2) is 8.56. The first-order valence-corrected chi connectivity index (χ1v) is 9.63. The molecule has 146 valence electrons. The van der Waals surface area contributed by atoms with Crippen molar-refractivity contribution in [3.63, 3.8) is 0 Å². The highest BCUT2D eigenvalue weighted by Crippen LogP contribution is 2.30. The minimum atomic E-state index is -5.70. The van der Waals surface area contributed by atoms with Gasteiger partial charge in [0.2, 0.25) is 0 Å². The average molecular weight is 400 g/mol. The van der Waals surface area contributed by atoms with Gasteiger partial charge in [0.25, 0.3) is 0 Å². The molecule has 0 aliphatic carbocycles. The van der Waals surface area contributed by atoms with E-state index in [2.05, 4.69) is 4.18 Å². The lowest BCUT2D eigenvalue weighted by Crippen LogP contribution is -2.28. The molecule has 2 aromatic carbocycles. The second-order valence-corrected chi connectivity index (χ2v) is 7.72. The molecule has 0 saturated heterocycles. The Labute approximate surface area is 156 Å².